The Hall–Kier alpha value is -2.53. The van der Waals surface area contributed by atoms with Crippen LogP contribution in [0.15, 0.2) is 48.5 Å². The summed E-state index contributed by atoms with van der Waals surface area (Å²) in [5.41, 5.74) is 1.36. The zero-order valence-corrected chi connectivity index (χ0v) is 12.3. The molecule has 0 saturated heterocycles. The Kier molecular flexibility index (Phi) is 5.38. The van der Waals surface area contributed by atoms with Crippen LogP contribution in [0.3, 0.4) is 0 Å². The van der Waals surface area contributed by atoms with Gasteiger partial charge >= 0.3 is 0 Å². The molecule has 0 aliphatic carbocycles. The minimum atomic E-state index is -1.31. The summed E-state index contributed by atoms with van der Waals surface area (Å²) in [5.74, 6) is -1.16. The second kappa shape index (κ2) is 7.47. The van der Waals surface area contributed by atoms with Crippen LogP contribution in [0, 0.1) is 0 Å². The van der Waals surface area contributed by atoms with Crippen molar-refractivity contribution in [3.8, 4) is 5.75 Å². The Morgan fingerprint density at radius 1 is 1.14 bits per heavy atom. The molecular weight excluding hydrogens is 306 g/mol. The van der Waals surface area contributed by atoms with Crippen LogP contribution >= 0.6 is 11.6 Å². The lowest BCUT2D eigenvalue weighted by molar-refractivity contribution is -0.307. The maximum Gasteiger partial charge on any atom is 0.228 e. The average molecular weight is 319 g/mol. The third kappa shape index (κ3) is 5.10. The largest absolute Gasteiger partial charge is 0.546 e. The number of amides is 1. The molecule has 0 fully saturated rings. The predicted octanol–water partition coefficient (Wildman–Crippen LogP) is 1.65. The molecule has 1 amide bonds. The molecule has 1 N–H and O–H groups in total. The van der Waals surface area contributed by atoms with Crippen LogP contribution in [-0.4, -0.2) is 18.5 Å². The smallest absolute Gasteiger partial charge is 0.228 e. The van der Waals surface area contributed by atoms with Gasteiger partial charge in [-0.15, -0.1) is 0 Å². The number of halogens is 1. The van der Waals surface area contributed by atoms with Gasteiger partial charge in [-0.3, -0.25) is 4.79 Å². The number of benzene rings is 2. The molecule has 114 valence electrons. The van der Waals surface area contributed by atoms with Crippen molar-refractivity contribution in [3.05, 3.63) is 59.1 Å². The fraction of sp³-hybridized carbons (Fsp3) is 0.125. The molecule has 0 unspecified atom stereocenters. The van der Waals surface area contributed by atoms with Gasteiger partial charge in [0.05, 0.1) is 12.4 Å². The van der Waals surface area contributed by atoms with E-state index in [2.05, 4.69) is 5.32 Å². The maximum absolute atomic E-state index is 12.0. The van der Waals surface area contributed by atoms with Gasteiger partial charge in [0, 0.05) is 16.8 Å². The molecule has 22 heavy (non-hydrogen) atoms. The number of carboxylic acids is 1. The molecule has 0 spiro atoms. The number of carbonyl (C=O) groups is 2. The van der Waals surface area contributed by atoms with Gasteiger partial charge in [0.1, 0.15) is 12.4 Å². The summed E-state index contributed by atoms with van der Waals surface area (Å²) in [6.07, 6.45) is 0.210. The number of aliphatic carboxylic acids is 1. The van der Waals surface area contributed by atoms with Crippen molar-refractivity contribution in [1.29, 1.82) is 0 Å². The number of anilines is 1. The van der Waals surface area contributed by atoms with E-state index in [9.17, 15) is 14.7 Å². The SMILES string of the molecule is O=C([O-])COc1cccc(NC(=O)Cc2ccc(Cl)cc2)c1. The fourth-order valence-electron chi connectivity index (χ4n) is 1.80. The topological polar surface area (TPSA) is 78.5 Å². The highest BCUT2D eigenvalue weighted by molar-refractivity contribution is 6.30. The Bertz CT molecular complexity index is 670. The minimum absolute atomic E-state index is 0.195. The first kappa shape index (κ1) is 15.9. The van der Waals surface area contributed by atoms with Gasteiger partial charge in [-0.1, -0.05) is 29.8 Å². The third-order valence-electron chi connectivity index (χ3n) is 2.75. The lowest BCUT2D eigenvalue weighted by Gasteiger charge is -2.09. The Morgan fingerprint density at radius 2 is 1.86 bits per heavy atom. The van der Waals surface area contributed by atoms with Gasteiger partial charge in [0.15, 0.2) is 0 Å². The van der Waals surface area contributed by atoms with E-state index in [1.165, 1.54) is 0 Å². The molecule has 6 heteroatoms. The molecule has 2 aromatic carbocycles. The van der Waals surface area contributed by atoms with Crippen molar-refractivity contribution < 1.29 is 19.4 Å². The molecule has 2 aromatic rings. The highest BCUT2D eigenvalue weighted by Crippen LogP contribution is 2.18. The van der Waals surface area contributed by atoms with E-state index in [-0.39, 0.29) is 12.3 Å². The van der Waals surface area contributed by atoms with Crippen LogP contribution in [-0.2, 0) is 16.0 Å². The number of rotatable bonds is 6. The minimum Gasteiger partial charge on any atom is -0.546 e. The van der Waals surface area contributed by atoms with Crippen molar-refractivity contribution in [2.75, 3.05) is 11.9 Å². The maximum atomic E-state index is 12.0. The lowest BCUT2D eigenvalue weighted by Crippen LogP contribution is -2.28. The zero-order valence-electron chi connectivity index (χ0n) is 11.5. The van der Waals surface area contributed by atoms with Crippen LogP contribution in [0.25, 0.3) is 0 Å². The van der Waals surface area contributed by atoms with Crippen LogP contribution in [0.1, 0.15) is 5.56 Å². The molecule has 0 saturated carbocycles. The summed E-state index contributed by atoms with van der Waals surface area (Å²) in [6.45, 7) is -0.540. The molecule has 0 atom stereocenters. The number of hydrogen-bond donors (Lipinski definition) is 1. The van der Waals surface area contributed by atoms with Crippen molar-refractivity contribution in [2.24, 2.45) is 0 Å². The van der Waals surface area contributed by atoms with Gasteiger partial charge in [0.2, 0.25) is 5.91 Å². The summed E-state index contributed by atoms with van der Waals surface area (Å²) in [5, 5.41) is 13.7. The van der Waals surface area contributed by atoms with E-state index in [0.29, 0.717) is 16.5 Å². The molecular formula is C16H13ClNO4-. The van der Waals surface area contributed by atoms with Crippen molar-refractivity contribution in [1.82, 2.24) is 0 Å². The fourth-order valence-corrected chi connectivity index (χ4v) is 1.92. The molecule has 0 aliphatic rings. The molecule has 0 heterocycles. The summed E-state index contributed by atoms with van der Waals surface area (Å²) in [4.78, 5) is 22.3. The first-order chi connectivity index (χ1) is 10.5. The molecule has 2 rings (SSSR count). The highest BCUT2D eigenvalue weighted by Gasteiger charge is 2.05. The van der Waals surface area contributed by atoms with E-state index in [0.717, 1.165) is 5.56 Å². The monoisotopic (exact) mass is 318 g/mol. The predicted molar refractivity (Wildman–Crippen MR) is 80.7 cm³/mol. The lowest BCUT2D eigenvalue weighted by atomic mass is 10.1. The summed E-state index contributed by atoms with van der Waals surface area (Å²) in [7, 11) is 0. The highest BCUT2D eigenvalue weighted by atomic mass is 35.5. The van der Waals surface area contributed by atoms with E-state index in [1.807, 2.05) is 0 Å². The van der Waals surface area contributed by atoms with Crippen LogP contribution < -0.4 is 15.2 Å². The van der Waals surface area contributed by atoms with E-state index < -0.39 is 12.6 Å². The third-order valence-corrected chi connectivity index (χ3v) is 3.00. The van der Waals surface area contributed by atoms with E-state index in [4.69, 9.17) is 16.3 Å². The van der Waals surface area contributed by atoms with Crippen LogP contribution in [0.4, 0.5) is 5.69 Å². The Morgan fingerprint density at radius 3 is 2.55 bits per heavy atom. The van der Waals surface area contributed by atoms with Crippen LogP contribution in [0.5, 0.6) is 5.75 Å². The number of ether oxygens (including phenoxy) is 1. The summed E-state index contributed by atoms with van der Waals surface area (Å²) >= 11 is 5.79. The molecule has 0 radical (unpaired) electrons. The van der Waals surface area contributed by atoms with Gasteiger partial charge < -0.3 is 20.0 Å². The number of carbonyl (C=O) groups excluding carboxylic acids is 2. The van der Waals surface area contributed by atoms with Gasteiger partial charge in [0.25, 0.3) is 0 Å². The first-order valence-electron chi connectivity index (χ1n) is 6.50. The van der Waals surface area contributed by atoms with E-state index >= 15 is 0 Å². The number of nitrogens with one attached hydrogen (secondary N) is 1. The second-order valence-corrected chi connectivity index (χ2v) is 4.98. The normalized spacial score (nSPS) is 10.0. The standard InChI is InChI=1S/C16H14ClNO4/c17-12-6-4-11(5-7-12)8-15(19)18-13-2-1-3-14(9-13)22-10-16(20)21/h1-7,9H,8,10H2,(H,18,19)(H,20,21)/p-1. The Labute approximate surface area is 132 Å². The average Bonchev–Trinajstić information content (AvgIpc) is 2.48. The molecule has 0 aliphatic heterocycles. The van der Waals surface area contributed by atoms with Gasteiger partial charge in [-0.05, 0) is 29.8 Å². The van der Waals surface area contributed by atoms with E-state index in [1.54, 1.807) is 48.5 Å². The van der Waals surface area contributed by atoms with Crippen molar-refractivity contribution in [2.45, 2.75) is 6.42 Å². The Balaban J connectivity index is 1.94. The summed E-state index contributed by atoms with van der Waals surface area (Å²) < 4.78 is 4.99. The second-order valence-electron chi connectivity index (χ2n) is 4.54. The van der Waals surface area contributed by atoms with Crippen LogP contribution in [0.2, 0.25) is 5.02 Å². The molecule has 5 nitrogen and oxygen atoms in total. The van der Waals surface area contributed by atoms with Gasteiger partial charge in [-0.2, -0.15) is 0 Å². The first-order valence-corrected chi connectivity index (χ1v) is 6.88. The van der Waals surface area contributed by atoms with Crippen molar-refractivity contribution in [3.63, 3.8) is 0 Å². The zero-order chi connectivity index (χ0) is 15.9. The number of hydrogen-bond acceptors (Lipinski definition) is 4. The number of carboxylic acid groups (broad SMARTS) is 1. The quantitative estimate of drug-likeness (QED) is 0.878. The van der Waals surface area contributed by atoms with Crippen molar-refractivity contribution >= 4 is 29.2 Å². The molecule has 0 aromatic heterocycles. The summed E-state index contributed by atoms with van der Waals surface area (Å²) in [6, 6.07) is 13.5. The van der Waals surface area contributed by atoms with Gasteiger partial charge in [-0.25, -0.2) is 0 Å². The molecule has 0 bridgehead atoms.